The van der Waals surface area contributed by atoms with E-state index in [1.54, 1.807) is 12.1 Å². The van der Waals surface area contributed by atoms with Gasteiger partial charge in [0.25, 0.3) is 0 Å². The quantitative estimate of drug-likeness (QED) is 0.768. The number of nitrogen functional groups attached to an aromatic ring is 1. The van der Waals surface area contributed by atoms with Crippen molar-refractivity contribution < 1.29 is 4.39 Å². The Bertz CT molecular complexity index is 332. The van der Waals surface area contributed by atoms with Gasteiger partial charge >= 0.3 is 0 Å². The largest absolute Gasteiger partial charge is 0.398 e. The third-order valence-corrected chi connectivity index (χ3v) is 2.73. The van der Waals surface area contributed by atoms with Gasteiger partial charge in [0.15, 0.2) is 0 Å². The molecule has 2 N–H and O–H groups in total. The first kappa shape index (κ1) is 13.9. The van der Waals surface area contributed by atoms with E-state index in [4.69, 9.17) is 5.73 Å². The van der Waals surface area contributed by atoms with Crippen molar-refractivity contribution in [2.75, 3.05) is 40.0 Å². The Labute approximate surface area is 103 Å². The Morgan fingerprint density at radius 1 is 1.18 bits per heavy atom. The Hall–Kier alpha value is -1.13. The number of nitrogens with zero attached hydrogens (tertiary/aromatic N) is 2. The molecule has 0 saturated carbocycles. The maximum Gasteiger partial charge on any atom is 0.129 e. The predicted molar refractivity (Wildman–Crippen MR) is 70.3 cm³/mol. The van der Waals surface area contributed by atoms with Gasteiger partial charge in [-0.1, -0.05) is 6.07 Å². The zero-order valence-electron chi connectivity index (χ0n) is 10.9. The summed E-state index contributed by atoms with van der Waals surface area (Å²) in [5.41, 5.74) is 6.90. The fourth-order valence-corrected chi connectivity index (χ4v) is 1.75. The van der Waals surface area contributed by atoms with Crippen LogP contribution in [0.3, 0.4) is 0 Å². The summed E-state index contributed by atoms with van der Waals surface area (Å²) in [6.07, 6.45) is 1.07. The molecule has 0 radical (unpaired) electrons. The zero-order chi connectivity index (χ0) is 12.8. The lowest BCUT2D eigenvalue weighted by atomic mass is 10.1. The van der Waals surface area contributed by atoms with E-state index in [0.717, 1.165) is 19.5 Å². The van der Waals surface area contributed by atoms with Crippen molar-refractivity contribution in [2.45, 2.75) is 13.0 Å². The van der Waals surface area contributed by atoms with Crippen molar-refractivity contribution in [3.05, 3.63) is 29.6 Å². The molecule has 4 heteroatoms. The molecule has 0 heterocycles. The molecular weight excluding hydrogens is 217 g/mol. The summed E-state index contributed by atoms with van der Waals surface area (Å²) in [4.78, 5) is 4.24. The van der Waals surface area contributed by atoms with Crippen LogP contribution in [0.1, 0.15) is 12.0 Å². The van der Waals surface area contributed by atoms with Gasteiger partial charge in [-0.2, -0.15) is 0 Å². The summed E-state index contributed by atoms with van der Waals surface area (Å²) in [6.45, 7) is 2.54. The van der Waals surface area contributed by atoms with Crippen molar-refractivity contribution in [3.8, 4) is 0 Å². The third-order valence-electron chi connectivity index (χ3n) is 2.73. The van der Waals surface area contributed by atoms with E-state index < -0.39 is 0 Å². The molecule has 0 bridgehead atoms. The Kier molecular flexibility index (Phi) is 5.38. The summed E-state index contributed by atoms with van der Waals surface area (Å²) < 4.78 is 13.5. The molecule has 0 aliphatic rings. The Morgan fingerprint density at radius 2 is 1.88 bits per heavy atom. The summed E-state index contributed by atoms with van der Waals surface area (Å²) in [5.74, 6) is -0.218. The van der Waals surface area contributed by atoms with Crippen LogP contribution in [0, 0.1) is 5.82 Å². The number of nitrogens with two attached hydrogens (primary N) is 1. The van der Waals surface area contributed by atoms with Crippen molar-refractivity contribution in [1.29, 1.82) is 0 Å². The average molecular weight is 239 g/mol. The minimum Gasteiger partial charge on any atom is -0.398 e. The topological polar surface area (TPSA) is 32.5 Å². The first-order chi connectivity index (χ1) is 8.00. The number of hydrogen-bond acceptors (Lipinski definition) is 3. The molecule has 0 saturated heterocycles. The van der Waals surface area contributed by atoms with Crippen molar-refractivity contribution >= 4 is 5.69 Å². The highest BCUT2D eigenvalue weighted by atomic mass is 19.1. The molecular formula is C13H22FN3. The Morgan fingerprint density at radius 3 is 2.47 bits per heavy atom. The lowest BCUT2D eigenvalue weighted by molar-refractivity contribution is 0.291. The van der Waals surface area contributed by atoms with Crippen molar-refractivity contribution in [1.82, 2.24) is 9.80 Å². The van der Waals surface area contributed by atoms with Gasteiger partial charge < -0.3 is 15.5 Å². The summed E-state index contributed by atoms with van der Waals surface area (Å²) in [7, 11) is 6.09. The second-order valence-corrected chi connectivity index (χ2v) is 4.70. The fraction of sp³-hybridized carbons (Fsp3) is 0.538. The Balaban J connectivity index is 2.47. The highest BCUT2D eigenvalue weighted by molar-refractivity contribution is 5.47. The molecule has 0 atom stereocenters. The van der Waals surface area contributed by atoms with Crippen LogP contribution in [-0.4, -0.2) is 44.0 Å². The second kappa shape index (κ2) is 6.57. The van der Waals surface area contributed by atoms with E-state index in [-0.39, 0.29) is 5.82 Å². The van der Waals surface area contributed by atoms with Crippen LogP contribution in [0.5, 0.6) is 0 Å². The minimum absolute atomic E-state index is 0.218. The molecule has 1 aromatic rings. The smallest absolute Gasteiger partial charge is 0.129 e. The molecule has 0 spiro atoms. The van der Waals surface area contributed by atoms with Gasteiger partial charge in [0.1, 0.15) is 5.82 Å². The van der Waals surface area contributed by atoms with Crippen LogP contribution >= 0.6 is 0 Å². The standard InChI is InChI=1S/C13H22FN3/c1-16(2)8-5-9-17(3)10-11-12(14)6-4-7-13(11)15/h4,6-7H,5,8-10,15H2,1-3H3. The summed E-state index contributed by atoms with van der Waals surface area (Å²) in [5, 5.41) is 0. The number of halogens is 1. The van der Waals surface area contributed by atoms with Crippen LogP contribution in [0.25, 0.3) is 0 Å². The van der Waals surface area contributed by atoms with Crippen LogP contribution in [-0.2, 0) is 6.54 Å². The summed E-state index contributed by atoms with van der Waals surface area (Å²) >= 11 is 0. The van der Waals surface area contributed by atoms with Crippen molar-refractivity contribution in [2.24, 2.45) is 0 Å². The molecule has 0 aliphatic carbocycles. The van der Waals surface area contributed by atoms with Gasteiger partial charge in [-0.25, -0.2) is 4.39 Å². The molecule has 0 unspecified atom stereocenters. The number of benzene rings is 1. The molecule has 0 aliphatic heterocycles. The maximum atomic E-state index is 13.5. The molecule has 96 valence electrons. The highest BCUT2D eigenvalue weighted by Crippen LogP contribution is 2.17. The maximum absolute atomic E-state index is 13.5. The van der Waals surface area contributed by atoms with Gasteiger partial charge in [0.2, 0.25) is 0 Å². The van der Waals surface area contributed by atoms with E-state index in [1.807, 2.05) is 7.05 Å². The van der Waals surface area contributed by atoms with Gasteiger partial charge in [-0.15, -0.1) is 0 Å². The van der Waals surface area contributed by atoms with Crippen LogP contribution in [0.4, 0.5) is 10.1 Å². The molecule has 0 fully saturated rings. The number of hydrogen-bond donors (Lipinski definition) is 1. The lowest BCUT2D eigenvalue weighted by Gasteiger charge is -2.19. The van der Waals surface area contributed by atoms with E-state index in [0.29, 0.717) is 17.8 Å². The molecule has 1 rings (SSSR count). The SMILES string of the molecule is CN(C)CCCN(C)Cc1c(N)cccc1F. The van der Waals surface area contributed by atoms with Gasteiger partial charge in [-0.3, -0.25) is 0 Å². The monoisotopic (exact) mass is 239 g/mol. The molecule has 0 aromatic heterocycles. The molecule has 0 amide bonds. The number of anilines is 1. The highest BCUT2D eigenvalue weighted by Gasteiger charge is 2.08. The first-order valence-corrected chi connectivity index (χ1v) is 5.87. The van der Waals surface area contributed by atoms with E-state index in [2.05, 4.69) is 23.9 Å². The van der Waals surface area contributed by atoms with Gasteiger partial charge in [-0.05, 0) is 52.8 Å². The normalized spacial score (nSPS) is 11.4. The van der Waals surface area contributed by atoms with E-state index >= 15 is 0 Å². The molecule has 17 heavy (non-hydrogen) atoms. The summed E-state index contributed by atoms with van der Waals surface area (Å²) in [6, 6.07) is 4.84. The van der Waals surface area contributed by atoms with E-state index in [9.17, 15) is 4.39 Å². The zero-order valence-corrected chi connectivity index (χ0v) is 10.9. The average Bonchev–Trinajstić information content (AvgIpc) is 2.23. The first-order valence-electron chi connectivity index (χ1n) is 5.87. The van der Waals surface area contributed by atoms with Gasteiger partial charge in [0, 0.05) is 17.8 Å². The van der Waals surface area contributed by atoms with E-state index in [1.165, 1.54) is 6.07 Å². The third kappa shape index (κ3) is 4.71. The van der Waals surface area contributed by atoms with Crippen LogP contribution in [0.15, 0.2) is 18.2 Å². The van der Waals surface area contributed by atoms with Crippen molar-refractivity contribution in [3.63, 3.8) is 0 Å². The molecule has 1 aromatic carbocycles. The fourth-order valence-electron chi connectivity index (χ4n) is 1.75. The molecule has 3 nitrogen and oxygen atoms in total. The van der Waals surface area contributed by atoms with Gasteiger partial charge in [0.05, 0.1) is 0 Å². The van der Waals surface area contributed by atoms with Crippen LogP contribution < -0.4 is 5.73 Å². The van der Waals surface area contributed by atoms with Crippen LogP contribution in [0.2, 0.25) is 0 Å². The predicted octanol–water partition coefficient (Wildman–Crippen LogP) is 1.79. The second-order valence-electron chi connectivity index (χ2n) is 4.70. The lowest BCUT2D eigenvalue weighted by Crippen LogP contribution is -2.24. The minimum atomic E-state index is -0.218. The number of rotatable bonds is 6.